The van der Waals surface area contributed by atoms with Gasteiger partial charge in [0.15, 0.2) is 0 Å². The number of methoxy groups -OCH3 is 1. The first-order valence-electron chi connectivity index (χ1n) is 7.37. The summed E-state index contributed by atoms with van der Waals surface area (Å²) in [6.45, 7) is 1.77. The Hall–Kier alpha value is -3.22. The molecule has 1 N–H and O–H groups in total. The third kappa shape index (κ3) is 3.40. The van der Waals surface area contributed by atoms with E-state index in [-0.39, 0.29) is 5.91 Å². The molecule has 3 rings (SSSR count). The van der Waals surface area contributed by atoms with Crippen molar-refractivity contribution in [2.75, 3.05) is 7.11 Å². The number of carbonyl (C=O) groups is 1. The maximum atomic E-state index is 12.1. The molecule has 0 aliphatic heterocycles. The molecule has 0 spiro atoms. The first-order chi connectivity index (χ1) is 11.7. The van der Waals surface area contributed by atoms with E-state index in [9.17, 15) is 4.79 Å². The molecule has 122 valence electrons. The summed E-state index contributed by atoms with van der Waals surface area (Å²) in [7, 11) is 1.59. The molecule has 7 nitrogen and oxygen atoms in total. The topological polar surface area (TPSA) is 90.1 Å². The van der Waals surface area contributed by atoms with Crippen LogP contribution in [0.5, 0.6) is 5.75 Å². The quantitative estimate of drug-likeness (QED) is 0.776. The highest BCUT2D eigenvalue weighted by atomic mass is 16.5. The van der Waals surface area contributed by atoms with E-state index < -0.39 is 6.04 Å². The van der Waals surface area contributed by atoms with Crippen molar-refractivity contribution in [3.63, 3.8) is 0 Å². The van der Waals surface area contributed by atoms with Gasteiger partial charge in [0, 0.05) is 11.8 Å². The molecule has 2 heterocycles. The second-order valence-corrected chi connectivity index (χ2v) is 5.10. The zero-order chi connectivity index (χ0) is 16.9. The molecule has 1 atom stereocenters. The lowest BCUT2D eigenvalue weighted by atomic mass is 10.2. The van der Waals surface area contributed by atoms with Crippen LogP contribution < -0.4 is 10.1 Å². The highest BCUT2D eigenvalue weighted by Crippen LogP contribution is 2.22. The van der Waals surface area contributed by atoms with E-state index in [4.69, 9.17) is 9.26 Å². The summed E-state index contributed by atoms with van der Waals surface area (Å²) in [6.07, 6.45) is 1.56. The minimum atomic E-state index is -0.439. The molecular formula is C17H16N4O3. The molecule has 1 amide bonds. The van der Waals surface area contributed by atoms with Crippen molar-refractivity contribution in [1.29, 1.82) is 0 Å². The van der Waals surface area contributed by atoms with Crippen LogP contribution in [-0.4, -0.2) is 28.1 Å². The van der Waals surface area contributed by atoms with E-state index in [2.05, 4.69) is 20.4 Å². The van der Waals surface area contributed by atoms with Crippen molar-refractivity contribution in [3.05, 3.63) is 60.2 Å². The highest BCUT2D eigenvalue weighted by molar-refractivity contribution is 5.92. The molecule has 0 radical (unpaired) electrons. The van der Waals surface area contributed by atoms with E-state index in [1.807, 2.05) is 24.3 Å². The van der Waals surface area contributed by atoms with E-state index >= 15 is 0 Å². The smallest absolute Gasteiger partial charge is 0.270 e. The van der Waals surface area contributed by atoms with Crippen molar-refractivity contribution >= 4 is 5.91 Å². The maximum absolute atomic E-state index is 12.1. The van der Waals surface area contributed by atoms with Gasteiger partial charge in [0.2, 0.25) is 11.7 Å². The molecule has 0 aliphatic carbocycles. The predicted octanol–water partition coefficient (Wildman–Crippen LogP) is 2.63. The van der Waals surface area contributed by atoms with Gasteiger partial charge in [-0.2, -0.15) is 4.98 Å². The molecule has 0 unspecified atom stereocenters. The number of nitrogens with zero attached hydrogens (tertiary/aromatic N) is 3. The van der Waals surface area contributed by atoms with Crippen molar-refractivity contribution in [2.24, 2.45) is 0 Å². The number of rotatable bonds is 5. The van der Waals surface area contributed by atoms with Crippen LogP contribution in [0.25, 0.3) is 11.4 Å². The third-order valence-electron chi connectivity index (χ3n) is 3.39. The van der Waals surface area contributed by atoms with E-state index in [0.717, 1.165) is 5.56 Å². The second-order valence-electron chi connectivity index (χ2n) is 5.10. The van der Waals surface area contributed by atoms with Gasteiger partial charge in [0.25, 0.3) is 5.91 Å². The Morgan fingerprint density at radius 3 is 2.88 bits per heavy atom. The molecule has 1 aromatic carbocycles. The fourth-order valence-corrected chi connectivity index (χ4v) is 2.12. The Kier molecular flexibility index (Phi) is 4.51. The monoisotopic (exact) mass is 324 g/mol. The largest absolute Gasteiger partial charge is 0.497 e. The summed E-state index contributed by atoms with van der Waals surface area (Å²) in [4.78, 5) is 20.4. The number of nitrogens with one attached hydrogen (secondary N) is 1. The van der Waals surface area contributed by atoms with Gasteiger partial charge in [-0.1, -0.05) is 23.4 Å². The molecule has 0 saturated carbocycles. The zero-order valence-electron chi connectivity index (χ0n) is 13.3. The SMILES string of the molecule is COc1cccc(-c2noc([C@@H](C)NC(=O)c3ccccn3)n2)c1. The molecule has 0 aliphatic rings. The summed E-state index contributed by atoms with van der Waals surface area (Å²) in [5.74, 6) is 1.15. The van der Waals surface area contributed by atoms with Crippen molar-refractivity contribution in [1.82, 2.24) is 20.4 Å². The van der Waals surface area contributed by atoms with Crippen LogP contribution in [0.3, 0.4) is 0 Å². The van der Waals surface area contributed by atoms with Crippen molar-refractivity contribution < 1.29 is 14.1 Å². The number of hydrogen-bond acceptors (Lipinski definition) is 6. The summed E-state index contributed by atoms with van der Waals surface area (Å²) < 4.78 is 10.4. The number of amides is 1. The Balaban J connectivity index is 1.74. The average Bonchev–Trinajstić information content (AvgIpc) is 3.13. The van der Waals surface area contributed by atoms with Gasteiger partial charge in [0.05, 0.1) is 7.11 Å². The van der Waals surface area contributed by atoms with Crippen molar-refractivity contribution in [3.8, 4) is 17.1 Å². The Morgan fingerprint density at radius 2 is 2.12 bits per heavy atom. The fourth-order valence-electron chi connectivity index (χ4n) is 2.12. The standard InChI is InChI=1S/C17H16N4O3/c1-11(19-16(22)14-8-3-4-9-18-14)17-20-15(21-24-17)12-6-5-7-13(10-12)23-2/h3-11H,1-2H3,(H,19,22)/t11-/m1/s1. The molecular weight excluding hydrogens is 308 g/mol. The van der Waals surface area contributed by atoms with Gasteiger partial charge in [0.1, 0.15) is 17.5 Å². The summed E-state index contributed by atoms with van der Waals surface area (Å²) in [6, 6.07) is 12.0. The van der Waals surface area contributed by atoms with E-state index in [0.29, 0.717) is 23.2 Å². The average molecular weight is 324 g/mol. The molecule has 2 aromatic heterocycles. The molecule has 0 fully saturated rings. The lowest BCUT2D eigenvalue weighted by Crippen LogP contribution is -2.27. The molecule has 3 aromatic rings. The minimum Gasteiger partial charge on any atom is -0.497 e. The normalized spacial score (nSPS) is 11.8. The summed E-state index contributed by atoms with van der Waals surface area (Å²) in [5.41, 5.74) is 1.10. The van der Waals surface area contributed by atoms with Gasteiger partial charge >= 0.3 is 0 Å². The molecule has 24 heavy (non-hydrogen) atoms. The van der Waals surface area contributed by atoms with Crippen molar-refractivity contribution in [2.45, 2.75) is 13.0 Å². The molecule has 7 heteroatoms. The number of pyridine rings is 1. The zero-order valence-corrected chi connectivity index (χ0v) is 13.3. The van der Waals surface area contributed by atoms with Gasteiger partial charge in [-0.3, -0.25) is 9.78 Å². The summed E-state index contributed by atoms with van der Waals surface area (Å²) >= 11 is 0. The summed E-state index contributed by atoms with van der Waals surface area (Å²) in [5, 5.41) is 6.73. The third-order valence-corrected chi connectivity index (χ3v) is 3.39. The first kappa shape index (κ1) is 15.7. The Bertz CT molecular complexity index is 833. The second kappa shape index (κ2) is 6.91. The Labute approximate surface area is 138 Å². The van der Waals surface area contributed by atoms with Crippen LogP contribution in [0.4, 0.5) is 0 Å². The van der Waals surface area contributed by atoms with Gasteiger partial charge in [-0.15, -0.1) is 0 Å². The van der Waals surface area contributed by atoms with Gasteiger partial charge < -0.3 is 14.6 Å². The van der Waals surface area contributed by atoms with Crippen LogP contribution >= 0.6 is 0 Å². The molecule has 0 bridgehead atoms. The van der Waals surface area contributed by atoms with E-state index in [1.54, 1.807) is 38.4 Å². The van der Waals surface area contributed by atoms with E-state index in [1.165, 1.54) is 0 Å². The number of ether oxygens (including phenoxy) is 1. The molecule has 0 saturated heterocycles. The first-order valence-corrected chi connectivity index (χ1v) is 7.37. The lowest BCUT2D eigenvalue weighted by molar-refractivity contribution is 0.0927. The fraction of sp³-hybridized carbons (Fsp3) is 0.176. The maximum Gasteiger partial charge on any atom is 0.270 e. The predicted molar refractivity (Wildman–Crippen MR) is 86.4 cm³/mol. The van der Waals surface area contributed by atoms with Crippen LogP contribution in [0.1, 0.15) is 29.3 Å². The number of hydrogen-bond donors (Lipinski definition) is 1. The van der Waals surface area contributed by atoms with Gasteiger partial charge in [-0.25, -0.2) is 0 Å². The van der Waals surface area contributed by atoms with Crippen LogP contribution in [0, 0.1) is 0 Å². The van der Waals surface area contributed by atoms with Crippen LogP contribution in [0.15, 0.2) is 53.2 Å². The highest BCUT2D eigenvalue weighted by Gasteiger charge is 2.18. The van der Waals surface area contributed by atoms with Gasteiger partial charge in [-0.05, 0) is 31.2 Å². The Morgan fingerprint density at radius 1 is 1.25 bits per heavy atom. The van der Waals surface area contributed by atoms with Crippen LogP contribution in [0.2, 0.25) is 0 Å². The van der Waals surface area contributed by atoms with Crippen LogP contribution in [-0.2, 0) is 0 Å². The number of aromatic nitrogens is 3. The number of carbonyl (C=O) groups excluding carboxylic acids is 1. The minimum absolute atomic E-state index is 0.302. The lowest BCUT2D eigenvalue weighted by Gasteiger charge is -2.08. The number of benzene rings is 1.